The van der Waals surface area contributed by atoms with Crippen LogP contribution in [0.1, 0.15) is 43.1 Å². The van der Waals surface area contributed by atoms with Gasteiger partial charge in [0.25, 0.3) is 0 Å². The number of nitrogens with two attached hydrogens (primary N) is 1. The van der Waals surface area contributed by atoms with Crippen molar-refractivity contribution in [2.75, 3.05) is 13.1 Å². The maximum absolute atomic E-state index is 13.1. The van der Waals surface area contributed by atoms with Gasteiger partial charge in [-0.1, -0.05) is 43.3 Å². The summed E-state index contributed by atoms with van der Waals surface area (Å²) in [5.74, 6) is 0.981. The second-order valence-corrected chi connectivity index (χ2v) is 7.34. The minimum Gasteiger partial charge on any atom is -0.342 e. The van der Waals surface area contributed by atoms with Crippen molar-refractivity contribution >= 4 is 11.6 Å². The topological polar surface area (TPSA) is 76.5 Å². The minimum atomic E-state index is -0.298. The Bertz CT molecular complexity index is 922. The molecular formula is C21H25N5O. The van der Waals surface area contributed by atoms with E-state index < -0.39 is 0 Å². The lowest BCUT2D eigenvalue weighted by Crippen LogP contribution is -2.44. The quantitative estimate of drug-likeness (QED) is 0.773. The first-order valence-corrected chi connectivity index (χ1v) is 9.54. The molecule has 2 aromatic heterocycles. The van der Waals surface area contributed by atoms with E-state index in [-0.39, 0.29) is 23.8 Å². The fourth-order valence-corrected chi connectivity index (χ4v) is 3.93. The van der Waals surface area contributed by atoms with Crippen molar-refractivity contribution < 1.29 is 4.79 Å². The van der Waals surface area contributed by atoms with E-state index in [1.165, 1.54) is 0 Å². The molecular weight excluding hydrogens is 338 g/mol. The lowest BCUT2D eigenvalue weighted by atomic mass is 9.91. The molecule has 1 saturated heterocycles. The number of rotatable bonds is 4. The Morgan fingerprint density at radius 2 is 1.93 bits per heavy atom. The van der Waals surface area contributed by atoms with Gasteiger partial charge in [-0.15, -0.1) is 10.2 Å². The Morgan fingerprint density at radius 3 is 2.74 bits per heavy atom. The molecule has 0 spiro atoms. The summed E-state index contributed by atoms with van der Waals surface area (Å²) in [6.07, 6.45) is 3.96. The van der Waals surface area contributed by atoms with Crippen molar-refractivity contribution in [1.82, 2.24) is 19.5 Å². The molecule has 1 fully saturated rings. The van der Waals surface area contributed by atoms with E-state index in [2.05, 4.69) is 10.2 Å². The van der Waals surface area contributed by atoms with Crippen LogP contribution in [0.2, 0.25) is 0 Å². The van der Waals surface area contributed by atoms with Crippen LogP contribution in [0.5, 0.6) is 0 Å². The third-order valence-electron chi connectivity index (χ3n) is 5.55. The number of carbonyl (C=O) groups excluding carboxylic acids is 1. The summed E-state index contributed by atoms with van der Waals surface area (Å²) in [5.41, 5.74) is 8.21. The number of hydrogen-bond donors (Lipinski definition) is 1. The van der Waals surface area contributed by atoms with Crippen LogP contribution in [0, 0.1) is 5.92 Å². The van der Waals surface area contributed by atoms with E-state index in [0.717, 1.165) is 36.4 Å². The molecule has 6 nitrogen and oxygen atoms in total. The third kappa shape index (κ3) is 3.45. The average Bonchev–Trinajstić information content (AvgIpc) is 3.17. The molecule has 27 heavy (non-hydrogen) atoms. The van der Waals surface area contributed by atoms with Crippen molar-refractivity contribution in [2.45, 2.75) is 31.7 Å². The summed E-state index contributed by atoms with van der Waals surface area (Å²) in [6, 6.07) is 15.4. The van der Waals surface area contributed by atoms with Gasteiger partial charge in [0, 0.05) is 31.2 Å². The maximum Gasteiger partial charge on any atom is 0.227 e. The largest absolute Gasteiger partial charge is 0.342 e. The molecule has 1 aliphatic rings. The highest BCUT2D eigenvalue weighted by Gasteiger charge is 2.32. The summed E-state index contributed by atoms with van der Waals surface area (Å²) >= 11 is 0. The number of fused-ring (bicyclic) bond motifs is 1. The molecule has 140 valence electrons. The first kappa shape index (κ1) is 17.7. The van der Waals surface area contributed by atoms with Crippen molar-refractivity contribution in [3.05, 3.63) is 66.1 Å². The molecule has 2 N–H and O–H groups in total. The molecule has 3 heterocycles. The summed E-state index contributed by atoms with van der Waals surface area (Å²) in [6.45, 7) is 3.37. The van der Waals surface area contributed by atoms with Crippen LogP contribution in [0.25, 0.3) is 5.65 Å². The maximum atomic E-state index is 13.1. The van der Waals surface area contributed by atoms with Gasteiger partial charge in [0.1, 0.15) is 5.82 Å². The van der Waals surface area contributed by atoms with Gasteiger partial charge in [-0.3, -0.25) is 9.20 Å². The molecule has 3 aromatic rings. The van der Waals surface area contributed by atoms with Crippen LogP contribution >= 0.6 is 0 Å². The van der Waals surface area contributed by atoms with Crippen molar-refractivity contribution in [2.24, 2.45) is 11.7 Å². The van der Waals surface area contributed by atoms with Crippen LogP contribution in [-0.4, -0.2) is 38.5 Å². The number of likely N-dealkylation sites (tertiary alicyclic amines) is 1. The van der Waals surface area contributed by atoms with E-state index >= 15 is 0 Å². The molecule has 1 aliphatic heterocycles. The lowest BCUT2D eigenvalue weighted by Gasteiger charge is -2.35. The molecule has 6 heteroatoms. The van der Waals surface area contributed by atoms with Crippen LogP contribution in [0.3, 0.4) is 0 Å². The van der Waals surface area contributed by atoms with Crippen molar-refractivity contribution in [3.63, 3.8) is 0 Å². The molecule has 0 saturated carbocycles. The molecule has 0 radical (unpaired) electrons. The summed E-state index contributed by atoms with van der Waals surface area (Å²) in [4.78, 5) is 15.0. The van der Waals surface area contributed by atoms with Crippen LogP contribution in [0.15, 0.2) is 54.7 Å². The second kappa shape index (κ2) is 7.48. The third-order valence-corrected chi connectivity index (χ3v) is 5.55. The number of pyridine rings is 1. The average molecular weight is 363 g/mol. The fourth-order valence-electron chi connectivity index (χ4n) is 3.93. The zero-order valence-electron chi connectivity index (χ0n) is 15.5. The monoisotopic (exact) mass is 363 g/mol. The van der Waals surface area contributed by atoms with Crippen LogP contribution in [0.4, 0.5) is 0 Å². The number of carbonyl (C=O) groups is 1. The Labute approximate surface area is 159 Å². The van der Waals surface area contributed by atoms with Gasteiger partial charge in [-0.05, 0) is 30.5 Å². The molecule has 0 aliphatic carbocycles. The molecule has 3 atom stereocenters. The summed E-state index contributed by atoms with van der Waals surface area (Å²) < 4.78 is 2.03. The number of benzene rings is 1. The number of aromatic nitrogens is 3. The Balaban J connectivity index is 1.50. The summed E-state index contributed by atoms with van der Waals surface area (Å²) in [7, 11) is 0. The van der Waals surface area contributed by atoms with Crippen LogP contribution in [-0.2, 0) is 4.79 Å². The van der Waals surface area contributed by atoms with Crippen LogP contribution < -0.4 is 5.73 Å². The van der Waals surface area contributed by atoms with Gasteiger partial charge in [0.2, 0.25) is 5.91 Å². The number of hydrogen-bond acceptors (Lipinski definition) is 4. The minimum absolute atomic E-state index is 0.116. The standard InChI is InChI=1S/C21H25N5O/c1-15(19(22)16-8-3-2-4-9-16)21(27)25-12-7-10-17(14-25)20-24-23-18-11-5-6-13-26(18)20/h2-6,8-9,11,13,15,17,19H,7,10,12,14,22H2,1H3. The van der Waals surface area contributed by atoms with Gasteiger partial charge in [0.05, 0.1) is 5.92 Å². The van der Waals surface area contributed by atoms with Crippen molar-refractivity contribution in [3.8, 4) is 0 Å². The SMILES string of the molecule is CC(C(=O)N1CCCC(c2nnc3ccccn23)C1)C(N)c1ccccc1. The van der Waals surface area contributed by atoms with E-state index in [9.17, 15) is 4.79 Å². The van der Waals surface area contributed by atoms with Gasteiger partial charge in [0.15, 0.2) is 5.65 Å². The second-order valence-electron chi connectivity index (χ2n) is 7.34. The van der Waals surface area contributed by atoms with E-state index in [1.54, 1.807) is 0 Å². The smallest absolute Gasteiger partial charge is 0.227 e. The normalized spacial score (nSPS) is 19.8. The molecule has 1 aromatic carbocycles. The lowest BCUT2D eigenvalue weighted by molar-refractivity contribution is -0.137. The Hall–Kier alpha value is -2.73. The zero-order chi connectivity index (χ0) is 18.8. The molecule has 1 amide bonds. The fraction of sp³-hybridized carbons (Fsp3) is 0.381. The zero-order valence-corrected chi connectivity index (χ0v) is 15.5. The first-order chi connectivity index (χ1) is 13.1. The van der Waals surface area contributed by atoms with Gasteiger partial charge in [-0.25, -0.2) is 0 Å². The molecule has 3 unspecified atom stereocenters. The number of nitrogens with zero attached hydrogens (tertiary/aromatic N) is 4. The number of amides is 1. The van der Waals surface area contributed by atoms with E-state index in [1.807, 2.05) is 71.0 Å². The predicted molar refractivity (Wildman–Crippen MR) is 104 cm³/mol. The Kier molecular flexibility index (Phi) is 4.90. The van der Waals surface area contributed by atoms with E-state index in [0.29, 0.717) is 6.54 Å². The highest BCUT2D eigenvalue weighted by molar-refractivity contribution is 5.79. The van der Waals surface area contributed by atoms with Gasteiger partial charge in [-0.2, -0.15) is 0 Å². The highest BCUT2D eigenvalue weighted by atomic mass is 16.2. The first-order valence-electron chi connectivity index (χ1n) is 9.54. The van der Waals surface area contributed by atoms with Crippen molar-refractivity contribution in [1.29, 1.82) is 0 Å². The molecule has 0 bridgehead atoms. The Morgan fingerprint density at radius 1 is 1.15 bits per heavy atom. The van der Waals surface area contributed by atoms with Gasteiger partial charge < -0.3 is 10.6 Å². The van der Waals surface area contributed by atoms with E-state index in [4.69, 9.17) is 5.73 Å². The highest BCUT2D eigenvalue weighted by Crippen LogP contribution is 2.29. The molecule has 4 rings (SSSR count). The summed E-state index contributed by atoms with van der Waals surface area (Å²) in [5, 5.41) is 8.65. The van der Waals surface area contributed by atoms with Gasteiger partial charge >= 0.3 is 0 Å². The predicted octanol–water partition coefficient (Wildman–Crippen LogP) is 2.77. The number of piperidine rings is 1.